The minimum absolute atomic E-state index is 0.0246. The molecule has 0 bridgehead atoms. The van der Waals surface area contributed by atoms with Gasteiger partial charge in [-0.1, -0.05) is 13.8 Å². The van der Waals surface area contributed by atoms with Gasteiger partial charge in [0.15, 0.2) is 0 Å². The van der Waals surface area contributed by atoms with E-state index in [-0.39, 0.29) is 17.9 Å². The summed E-state index contributed by atoms with van der Waals surface area (Å²) in [5, 5.41) is 12.0. The molecule has 1 rings (SSSR count). The van der Waals surface area contributed by atoms with Gasteiger partial charge in [0.2, 0.25) is 5.91 Å². The highest BCUT2D eigenvalue weighted by Gasteiger charge is 2.37. The lowest BCUT2D eigenvalue weighted by Gasteiger charge is -2.30. The summed E-state index contributed by atoms with van der Waals surface area (Å²) in [6, 6.07) is 2.30. The molecule has 1 aliphatic rings. The van der Waals surface area contributed by atoms with Crippen molar-refractivity contribution in [2.24, 2.45) is 17.1 Å². The van der Waals surface area contributed by atoms with E-state index < -0.39 is 5.41 Å². The fourth-order valence-electron chi connectivity index (χ4n) is 2.56. The van der Waals surface area contributed by atoms with Crippen LogP contribution in [0.25, 0.3) is 0 Å². The second-order valence-electron chi connectivity index (χ2n) is 4.94. The van der Waals surface area contributed by atoms with Gasteiger partial charge in [0.05, 0.1) is 17.4 Å². The molecule has 1 fully saturated rings. The van der Waals surface area contributed by atoms with Gasteiger partial charge in [-0.2, -0.15) is 5.26 Å². The van der Waals surface area contributed by atoms with E-state index in [1.165, 1.54) is 0 Å². The van der Waals surface area contributed by atoms with Gasteiger partial charge in [0, 0.05) is 12.6 Å². The average Bonchev–Trinajstić information content (AvgIpc) is 2.79. The van der Waals surface area contributed by atoms with Crippen LogP contribution in [0.2, 0.25) is 0 Å². The molecule has 0 aromatic heterocycles. The molecule has 0 radical (unpaired) electrons. The molecular formula is C13H23N3O. The summed E-state index contributed by atoms with van der Waals surface area (Å²) >= 11 is 0. The van der Waals surface area contributed by atoms with Crippen molar-refractivity contribution in [1.29, 1.82) is 5.26 Å². The number of nitrogens with two attached hydrogens (primary N) is 1. The molecule has 1 saturated carbocycles. The zero-order chi connectivity index (χ0) is 12.9. The largest absolute Gasteiger partial charge is 0.352 e. The summed E-state index contributed by atoms with van der Waals surface area (Å²) in [6.45, 7) is 4.36. The van der Waals surface area contributed by atoms with Gasteiger partial charge < -0.3 is 11.1 Å². The smallest absolute Gasteiger partial charge is 0.227 e. The summed E-state index contributed by atoms with van der Waals surface area (Å²) in [5.74, 6) is 0.000265. The van der Waals surface area contributed by atoms with E-state index >= 15 is 0 Å². The summed E-state index contributed by atoms with van der Waals surface area (Å²) in [5.41, 5.74) is 5.29. The molecule has 3 N–H and O–H groups in total. The van der Waals surface area contributed by atoms with Crippen molar-refractivity contribution in [1.82, 2.24) is 5.32 Å². The maximum atomic E-state index is 12.3. The van der Waals surface area contributed by atoms with Crippen molar-refractivity contribution in [2.45, 2.75) is 52.0 Å². The third kappa shape index (κ3) is 2.78. The van der Waals surface area contributed by atoms with Gasteiger partial charge in [0.1, 0.15) is 0 Å². The molecule has 0 saturated heterocycles. The second-order valence-corrected chi connectivity index (χ2v) is 4.94. The molecule has 2 unspecified atom stereocenters. The predicted molar refractivity (Wildman–Crippen MR) is 67.0 cm³/mol. The Hall–Kier alpha value is -1.08. The van der Waals surface area contributed by atoms with Gasteiger partial charge in [-0.25, -0.2) is 0 Å². The molecule has 0 aromatic carbocycles. The Morgan fingerprint density at radius 2 is 2.12 bits per heavy atom. The van der Waals surface area contributed by atoms with Crippen LogP contribution in [0.5, 0.6) is 0 Å². The average molecular weight is 237 g/mol. The van der Waals surface area contributed by atoms with Crippen molar-refractivity contribution in [3.05, 3.63) is 0 Å². The van der Waals surface area contributed by atoms with Crippen LogP contribution in [0.1, 0.15) is 46.0 Å². The van der Waals surface area contributed by atoms with E-state index in [1.54, 1.807) is 0 Å². The fraction of sp³-hybridized carbons (Fsp3) is 0.846. The molecule has 1 amide bonds. The number of nitrogens with one attached hydrogen (secondary N) is 1. The number of nitriles is 1. The molecule has 4 nitrogen and oxygen atoms in total. The highest BCUT2D eigenvalue weighted by atomic mass is 16.2. The highest BCUT2D eigenvalue weighted by molar-refractivity contribution is 5.83. The molecule has 0 aliphatic heterocycles. The van der Waals surface area contributed by atoms with Gasteiger partial charge in [-0.15, -0.1) is 0 Å². The SMILES string of the molecule is CCC(CC)(CN)C(=O)NC1CCCC1C#N. The van der Waals surface area contributed by atoms with Crippen LogP contribution < -0.4 is 11.1 Å². The highest BCUT2D eigenvalue weighted by Crippen LogP contribution is 2.29. The molecule has 0 heterocycles. The fourth-order valence-corrected chi connectivity index (χ4v) is 2.56. The van der Waals surface area contributed by atoms with E-state index in [0.29, 0.717) is 6.54 Å². The van der Waals surface area contributed by atoms with E-state index in [1.807, 2.05) is 13.8 Å². The quantitative estimate of drug-likeness (QED) is 0.761. The standard InChI is InChI=1S/C13H23N3O/c1-3-13(4-2,9-15)12(17)16-11-7-5-6-10(11)8-14/h10-11H,3-7,9,15H2,1-2H3,(H,16,17). The Morgan fingerprint density at radius 1 is 1.47 bits per heavy atom. The number of hydrogen-bond donors (Lipinski definition) is 2. The van der Waals surface area contributed by atoms with Crippen LogP contribution in [-0.2, 0) is 4.79 Å². The van der Waals surface area contributed by atoms with Crippen molar-refractivity contribution in [3.8, 4) is 6.07 Å². The minimum atomic E-state index is -0.456. The van der Waals surface area contributed by atoms with E-state index in [4.69, 9.17) is 11.0 Å². The molecule has 17 heavy (non-hydrogen) atoms. The van der Waals surface area contributed by atoms with Gasteiger partial charge in [0.25, 0.3) is 0 Å². The monoisotopic (exact) mass is 237 g/mol. The number of nitrogens with zero attached hydrogens (tertiary/aromatic N) is 1. The lowest BCUT2D eigenvalue weighted by Crippen LogP contribution is -2.49. The van der Waals surface area contributed by atoms with Gasteiger partial charge in [-0.05, 0) is 32.1 Å². The third-order valence-electron chi connectivity index (χ3n) is 4.22. The molecule has 0 spiro atoms. The Bertz CT molecular complexity index is 296. The first-order chi connectivity index (χ1) is 8.13. The summed E-state index contributed by atoms with van der Waals surface area (Å²) in [7, 11) is 0. The predicted octanol–water partition coefficient (Wildman–Crippen LogP) is 1.56. The number of hydrogen-bond acceptors (Lipinski definition) is 3. The van der Waals surface area contributed by atoms with Crippen LogP contribution in [0.4, 0.5) is 0 Å². The van der Waals surface area contributed by atoms with Gasteiger partial charge in [-0.3, -0.25) is 4.79 Å². The maximum Gasteiger partial charge on any atom is 0.227 e. The Morgan fingerprint density at radius 3 is 2.59 bits per heavy atom. The maximum absolute atomic E-state index is 12.3. The minimum Gasteiger partial charge on any atom is -0.352 e. The number of carbonyl (C=O) groups is 1. The van der Waals surface area contributed by atoms with E-state index in [9.17, 15) is 4.79 Å². The number of carbonyl (C=O) groups excluding carboxylic acids is 1. The van der Waals surface area contributed by atoms with Crippen molar-refractivity contribution < 1.29 is 4.79 Å². The summed E-state index contributed by atoms with van der Waals surface area (Å²) in [6.07, 6.45) is 4.33. The number of rotatable bonds is 5. The Kier molecular flexibility index (Phi) is 4.95. The third-order valence-corrected chi connectivity index (χ3v) is 4.22. The molecule has 2 atom stereocenters. The first kappa shape index (κ1) is 14.0. The van der Waals surface area contributed by atoms with Crippen LogP contribution in [0.15, 0.2) is 0 Å². The number of amides is 1. The first-order valence-electron chi connectivity index (χ1n) is 6.54. The van der Waals surface area contributed by atoms with Crippen LogP contribution in [0, 0.1) is 22.7 Å². The van der Waals surface area contributed by atoms with Crippen LogP contribution in [-0.4, -0.2) is 18.5 Å². The summed E-state index contributed by atoms with van der Waals surface area (Å²) < 4.78 is 0. The topological polar surface area (TPSA) is 78.9 Å². The zero-order valence-corrected chi connectivity index (χ0v) is 10.8. The molecule has 96 valence electrons. The van der Waals surface area contributed by atoms with Crippen LogP contribution >= 0.6 is 0 Å². The van der Waals surface area contributed by atoms with Crippen LogP contribution in [0.3, 0.4) is 0 Å². The van der Waals surface area contributed by atoms with E-state index in [0.717, 1.165) is 32.1 Å². The normalized spacial score (nSPS) is 24.4. The second kappa shape index (κ2) is 6.02. The van der Waals surface area contributed by atoms with Crippen molar-refractivity contribution in [2.75, 3.05) is 6.54 Å². The zero-order valence-electron chi connectivity index (χ0n) is 10.8. The Balaban J connectivity index is 2.68. The molecular weight excluding hydrogens is 214 g/mol. The van der Waals surface area contributed by atoms with Gasteiger partial charge >= 0.3 is 0 Å². The molecule has 4 heteroatoms. The molecule has 0 aromatic rings. The first-order valence-corrected chi connectivity index (χ1v) is 6.54. The van der Waals surface area contributed by atoms with Crippen molar-refractivity contribution >= 4 is 5.91 Å². The van der Waals surface area contributed by atoms with Crippen molar-refractivity contribution in [3.63, 3.8) is 0 Å². The lowest BCUT2D eigenvalue weighted by molar-refractivity contribution is -0.131. The van der Waals surface area contributed by atoms with E-state index in [2.05, 4.69) is 11.4 Å². The summed E-state index contributed by atoms with van der Waals surface area (Å²) in [4.78, 5) is 12.3. The lowest BCUT2D eigenvalue weighted by atomic mass is 9.81. The molecule has 1 aliphatic carbocycles. The Labute approximate surface area is 104 Å².